The van der Waals surface area contributed by atoms with E-state index in [0.717, 1.165) is 20.9 Å². The van der Waals surface area contributed by atoms with Gasteiger partial charge in [0.1, 0.15) is 6.61 Å². The molecule has 0 atom stereocenters. The zero-order valence-corrected chi connectivity index (χ0v) is 17.3. The van der Waals surface area contributed by atoms with Crippen molar-refractivity contribution in [2.24, 2.45) is 0 Å². The van der Waals surface area contributed by atoms with Crippen LogP contribution >= 0.6 is 34.4 Å². The predicted octanol–water partition coefficient (Wildman–Crippen LogP) is 4.70. The van der Waals surface area contributed by atoms with Gasteiger partial charge >= 0.3 is 0 Å². The lowest BCUT2D eigenvalue weighted by Crippen LogP contribution is -2.34. The van der Waals surface area contributed by atoms with E-state index in [-0.39, 0.29) is 17.2 Å². The molecule has 0 N–H and O–H groups in total. The van der Waals surface area contributed by atoms with Gasteiger partial charge in [0.05, 0.1) is 15.1 Å². The van der Waals surface area contributed by atoms with Crippen LogP contribution in [-0.2, 0) is 4.79 Å². The molecule has 7 heteroatoms. The quantitative estimate of drug-likeness (QED) is 0.327. The molecule has 0 aliphatic carbocycles. The summed E-state index contributed by atoms with van der Waals surface area (Å²) in [5, 5.41) is -0.239. The number of ether oxygens (including phenoxy) is 2. The molecule has 2 amide bonds. The summed E-state index contributed by atoms with van der Waals surface area (Å²) in [6, 6.07) is 3.55. The van der Waals surface area contributed by atoms with Gasteiger partial charge in [-0.3, -0.25) is 14.5 Å². The van der Waals surface area contributed by atoms with Crippen molar-refractivity contribution in [2.75, 3.05) is 13.2 Å². The molecule has 25 heavy (non-hydrogen) atoms. The van der Waals surface area contributed by atoms with Crippen LogP contribution in [0.25, 0.3) is 6.08 Å². The van der Waals surface area contributed by atoms with Crippen molar-refractivity contribution in [1.29, 1.82) is 0 Å². The Labute approximate surface area is 165 Å². The summed E-state index contributed by atoms with van der Waals surface area (Å²) in [7, 11) is 0. The summed E-state index contributed by atoms with van der Waals surface area (Å²) in [6.45, 7) is 10.1. The first-order chi connectivity index (χ1) is 11.9. The number of carbonyl (C=O) groups excluding carboxylic acids is 2. The van der Waals surface area contributed by atoms with Gasteiger partial charge in [0.15, 0.2) is 11.5 Å². The smallest absolute Gasteiger partial charge is 0.293 e. The van der Waals surface area contributed by atoms with E-state index in [1.807, 2.05) is 32.9 Å². The first-order valence-electron chi connectivity index (χ1n) is 7.86. The second kappa shape index (κ2) is 8.75. The number of benzene rings is 1. The molecule has 5 nitrogen and oxygen atoms in total. The highest BCUT2D eigenvalue weighted by Gasteiger charge is 2.36. The number of halogens is 1. The standard InChI is InChI=1S/C18H20INO4S/c1-5-7-24-16-13(19)8-12(9-14(16)23-6-2)10-15-17(21)20(11(3)4)18(22)25-15/h5,8-11H,1,6-7H2,2-4H3/b15-10-. The maximum Gasteiger partial charge on any atom is 0.293 e. The van der Waals surface area contributed by atoms with E-state index >= 15 is 0 Å². The fraction of sp³-hybridized carbons (Fsp3) is 0.333. The van der Waals surface area contributed by atoms with Crippen molar-refractivity contribution in [1.82, 2.24) is 4.90 Å². The highest BCUT2D eigenvalue weighted by molar-refractivity contribution is 14.1. The van der Waals surface area contributed by atoms with Gasteiger partial charge in [0, 0.05) is 6.04 Å². The van der Waals surface area contributed by atoms with Crippen LogP contribution in [0.4, 0.5) is 4.79 Å². The number of rotatable bonds is 7. The van der Waals surface area contributed by atoms with E-state index in [9.17, 15) is 9.59 Å². The van der Waals surface area contributed by atoms with Gasteiger partial charge in [-0.1, -0.05) is 12.7 Å². The van der Waals surface area contributed by atoms with E-state index < -0.39 is 0 Å². The SMILES string of the molecule is C=CCOc1c(I)cc(/C=C2\SC(=O)N(C(C)C)C2=O)cc1OCC. The summed E-state index contributed by atoms with van der Waals surface area (Å²) >= 11 is 3.12. The molecule has 1 aromatic rings. The third-order valence-corrected chi connectivity index (χ3v) is 5.00. The Morgan fingerprint density at radius 3 is 2.60 bits per heavy atom. The first-order valence-corrected chi connectivity index (χ1v) is 9.75. The third kappa shape index (κ3) is 4.58. The number of thioether (sulfide) groups is 1. The molecule has 1 aromatic carbocycles. The number of hydrogen-bond acceptors (Lipinski definition) is 5. The lowest BCUT2D eigenvalue weighted by Gasteiger charge is -2.16. The predicted molar refractivity (Wildman–Crippen MR) is 109 cm³/mol. The molecular formula is C18H20INO4S. The van der Waals surface area contributed by atoms with Crippen LogP contribution in [0.15, 0.2) is 29.7 Å². The van der Waals surface area contributed by atoms with Crippen molar-refractivity contribution in [3.8, 4) is 11.5 Å². The van der Waals surface area contributed by atoms with Crippen molar-refractivity contribution in [3.63, 3.8) is 0 Å². The zero-order valence-electron chi connectivity index (χ0n) is 14.4. The molecule has 0 saturated carbocycles. The highest BCUT2D eigenvalue weighted by Crippen LogP contribution is 2.37. The maximum absolute atomic E-state index is 12.4. The molecule has 1 saturated heterocycles. The second-order valence-corrected chi connectivity index (χ2v) is 7.66. The molecule has 0 aromatic heterocycles. The average Bonchev–Trinajstić information content (AvgIpc) is 2.81. The summed E-state index contributed by atoms with van der Waals surface area (Å²) in [6.07, 6.45) is 3.39. The first kappa shape index (κ1) is 19.8. The van der Waals surface area contributed by atoms with Gasteiger partial charge < -0.3 is 9.47 Å². The molecule has 1 aliphatic rings. The third-order valence-electron chi connectivity index (χ3n) is 3.31. The van der Waals surface area contributed by atoms with Crippen LogP contribution in [0, 0.1) is 3.57 Å². The Kier molecular flexibility index (Phi) is 6.95. The van der Waals surface area contributed by atoms with Crippen LogP contribution in [-0.4, -0.2) is 35.3 Å². The summed E-state index contributed by atoms with van der Waals surface area (Å²) in [5.74, 6) is 0.991. The number of carbonyl (C=O) groups is 2. The fourth-order valence-corrected chi connectivity index (χ4v) is 4.03. The van der Waals surface area contributed by atoms with Gasteiger partial charge in [-0.25, -0.2) is 0 Å². The van der Waals surface area contributed by atoms with Gasteiger partial charge in [0.2, 0.25) is 0 Å². The Morgan fingerprint density at radius 2 is 2.04 bits per heavy atom. The van der Waals surface area contributed by atoms with Gasteiger partial charge in [0.25, 0.3) is 11.1 Å². The topological polar surface area (TPSA) is 55.8 Å². The maximum atomic E-state index is 12.4. The average molecular weight is 473 g/mol. The minimum absolute atomic E-state index is 0.160. The molecule has 0 spiro atoms. The molecule has 1 fully saturated rings. The largest absolute Gasteiger partial charge is 0.490 e. The number of amides is 2. The molecule has 2 rings (SSSR count). The Morgan fingerprint density at radius 1 is 1.32 bits per heavy atom. The monoisotopic (exact) mass is 473 g/mol. The minimum atomic E-state index is -0.259. The van der Waals surface area contributed by atoms with Crippen molar-refractivity contribution in [2.45, 2.75) is 26.8 Å². The minimum Gasteiger partial charge on any atom is -0.490 e. The molecule has 0 radical (unpaired) electrons. The summed E-state index contributed by atoms with van der Waals surface area (Å²) in [4.78, 5) is 26.1. The molecule has 1 aliphatic heterocycles. The van der Waals surface area contributed by atoms with Gasteiger partial charge in [-0.2, -0.15) is 0 Å². The van der Waals surface area contributed by atoms with Gasteiger partial charge in [-0.05, 0) is 78.9 Å². The number of hydrogen-bond donors (Lipinski definition) is 0. The molecular weight excluding hydrogens is 453 g/mol. The Bertz CT molecular complexity index is 730. The van der Waals surface area contributed by atoms with Crippen LogP contribution in [0.2, 0.25) is 0 Å². The summed E-state index contributed by atoms with van der Waals surface area (Å²) in [5.41, 5.74) is 0.785. The van der Waals surface area contributed by atoms with Crippen molar-refractivity contribution in [3.05, 3.63) is 38.8 Å². The Balaban J connectivity index is 2.38. The van der Waals surface area contributed by atoms with Crippen LogP contribution in [0.5, 0.6) is 11.5 Å². The van der Waals surface area contributed by atoms with Crippen LogP contribution < -0.4 is 9.47 Å². The fourth-order valence-electron chi connectivity index (χ4n) is 2.29. The van der Waals surface area contributed by atoms with Crippen LogP contribution in [0.1, 0.15) is 26.3 Å². The molecule has 134 valence electrons. The lowest BCUT2D eigenvalue weighted by molar-refractivity contribution is -0.123. The van der Waals surface area contributed by atoms with E-state index in [1.165, 1.54) is 4.90 Å². The van der Waals surface area contributed by atoms with Crippen molar-refractivity contribution < 1.29 is 19.1 Å². The Hall–Kier alpha value is -1.48. The van der Waals surface area contributed by atoms with Crippen molar-refractivity contribution >= 4 is 51.6 Å². The van der Waals surface area contributed by atoms with E-state index in [4.69, 9.17) is 9.47 Å². The highest BCUT2D eigenvalue weighted by atomic mass is 127. The van der Waals surface area contributed by atoms with Gasteiger partial charge in [-0.15, -0.1) is 0 Å². The lowest BCUT2D eigenvalue weighted by atomic mass is 10.1. The number of imide groups is 1. The molecule has 1 heterocycles. The number of nitrogens with zero attached hydrogens (tertiary/aromatic N) is 1. The molecule has 0 unspecified atom stereocenters. The zero-order chi connectivity index (χ0) is 18.6. The van der Waals surface area contributed by atoms with E-state index in [0.29, 0.717) is 29.6 Å². The second-order valence-electron chi connectivity index (χ2n) is 5.51. The summed E-state index contributed by atoms with van der Waals surface area (Å²) < 4.78 is 12.2. The van der Waals surface area contributed by atoms with E-state index in [1.54, 1.807) is 12.2 Å². The normalized spacial score (nSPS) is 16.0. The molecule has 0 bridgehead atoms. The van der Waals surface area contributed by atoms with Crippen LogP contribution in [0.3, 0.4) is 0 Å². The van der Waals surface area contributed by atoms with E-state index in [2.05, 4.69) is 29.2 Å².